The number of nitrogens with zero attached hydrogens (tertiary/aromatic N) is 2. The van der Waals surface area contributed by atoms with Crippen LogP contribution < -0.4 is 10.5 Å². The largest absolute Gasteiger partial charge is 0.435 e. The Hall–Kier alpha value is -3.47. The molecule has 2 rings (SSSR count). The molecule has 1 atom stereocenters. The maximum Gasteiger partial charge on any atom is 0.387 e. The van der Waals surface area contributed by atoms with E-state index in [0.29, 0.717) is 17.4 Å². The van der Waals surface area contributed by atoms with Gasteiger partial charge < -0.3 is 20.2 Å². The van der Waals surface area contributed by atoms with Gasteiger partial charge in [0.15, 0.2) is 5.96 Å². The predicted molar refractivity (Wildman–Crippen MR) is 106 cm³/mol. The smallest absolute Gasteiger partial charge is 0.387 e. The molecule has 0 bridgehead atoms. The zero-order chi connectivity index (χ0) is 21.8. The summed E-state index contributed by atoms with van der Waals surface area (Å²) in [5.41, 5.74) is 6.63. The number of benzene rings is 2. The van der Waals surface area contributed by atoms with Gasteiger partial charge in [0.1, 0.15) is 23.9 Å². The Morgan fingerprint density at radius 1 is 1.17 bits per heavy atom. The number of aliphatic imine (C=N–C) groups is 1. The second-order valence-corrected chi connectivity index (χ2v) is 5.77. The molecule has 29 heavy (non-hydrogen) atoms. The van der Waals surface area contributed by atoms with Crippen molar-refractivity contribution < 1.29 is 22.7 Å². The molecule has 0 heterocycles. The van der Waals surface area contributed by atoms with Gasteiger partial charge in [-0.25, -0.2) is 9.38 Å². The van der Waals surface area contributed by atoms with E-state index in [-0.39, 0.29) is 17.5 Å². The molecule has 0 aliphatic rings. The molecule has 0 aromatic heterocycles. The van der Waals surface area contributed by atoms with Crippen molar-refractivity contribution in [2.24, 2.45) is 10.7 Å². The molecule has 0 aliphatic heterocycles. The van der Waals surface area contributed by atoms with Crippen LogP contribution in [0, 0.1) is 17.7 Å². The Morgan fingerprint density at radius 2 is 1.79 bits per heavy atom. The van der Waals surface area contributed by atoms with Gasteiger partial charge in [0.2, 0.25) is 0 Å². The number of aldehydes is 1. The van der Waals surface area contributed by atoms with Crippen LogP contribution in [0.25, 0.3) is 0 Å². The summed E-state index contributed by atoms with van der Waals surface area (Å²) < 4.78 is 40.9. The SMILES string of the molecule is CC#Cc1ccccc1F.CN(C)C(N)=NC(C=O)c1ccc(OC(F)F)cc1. The second kappa shape index (κ2) is 12.1. The van der Waals surface area contributed by atoms with Crippen LogP contribution in [0.4, 0.5) is 13.2 Å². The Labute approximate surface area is 168 Å². The van der Waals surface area contributed by atoms with Crippen molar-refractivity contribution in [3.05, 3.63) is 65.5 Å². The highest BCUT2D eigenvalue weighted by molar-refractivity contribution is 5.80. The molecule has 2 N–H and O–H groups in total. The lowest BCUT2D eigenvalue weighted by Crippen LogP contribution is -2.31. The number of halogens is 3. The number of carbonyl (C=O) groups is 1. The van der Waals surface area contributed by atoms with E-state index in [1.165, 1.54) is 30.3 Å². The lowest BCUT2D eigenvalue weighted by Gasteiger charge is -2.13. The van der Waals surface area contributed by atoms with Crippen molar-refractivity contribution in [2.45, 2.75) is 19.6 Å². The lowest BCUT2D eigenvalue weighted by molar-refractivity contribution is -0.108. The summed E-state index contributed by atoms with van der Waals surface area (Å²) >= 11 is 0. The zero-order valence-electron chi connectivity index (χ0n) is 16.3. The number of guanidine groups is 1. The van der Waals surface area contributed by atoms with Gasteiger partial charge >= 0.3 is 6.61 Å². The van der Waals surface area contributed by atoms with Crippen LogP contribution in [0.2, 0.25) is 0 Å². The molecule has 0 saturated heterocycles. The van der Waals surface area contributed by atoms with Gasteiger partial charge in [0, 0.05) is 14.1 Å². The highest BCUT2D eigenvalue weighted by Crippen LogP contribution is 2.20. The molecule has 0 amide bonds. The number of nitrogens with two attached hydrogens (primary N) is 1. The molecule has 2 aromatic rings. The van der Waals surface area contributed by atoms with E-state index in [1.54, 1.807) is 44.1 Å². The molecule has 1 unspecified atom stereocenters. The first-order chi connectivity index (χ1) is 13.8. The average Bonchev–Trinajstić information content (AvgIpc) is 2.68. The molecule has 2 aromatic carbocycles. The quantitative estimate of drug-likeness (QED) is 0.357. The Bertz CT molecular complexity index is 873. The van der Waals surface area contributed by atoms with Crippen LogP contribution in [-0.4, -0.2) is 37.9 Å². The predicted octanol–water partition coefficient (Wildman–Crippen LogP) is 3.60. The van der Waals surface area contributed by atoms with Crippen LogP contribution in [0.5, 0.6) is 5.75 Å². The first-order valence-corrected chi connectivity index (χ1v) is 8.46. The molecule has 0 saturated carbocycles. The summed E-state index contributed by atoms with van der Waals surface area (Å²) in [4.78, 5) is 16.6. The highest BCUT2D eigenvalue weighted by Gasteiger charge is 2.11. The van der Waals surface area contributed by atoms with Crippen molar-refractivity contribution in [1.29, 1.82) is 0 Å². The van der Waals surface area contributed by atoms with Crippen LogP contribution >= 0.6 is 0 Å². The number of hydrogen-bond acceptors (Lipinski definition) is 3. The van der Waals surface area contributed by atoms with E-state index in [4.69, 9.17) is 5.73 Å². The van der Waals surface area contributed by atoms with E-state index < -0.39 is 12.7 Å². The monoisotopic (exact) mass is 405 g/mol. The van der Waals surface area contributed by atoms with Crippen molar-refractivity contribution in [1.82, 2.24) is 4.90 Å². The summed E-state index contributed by atoms with van der Waals surface area (Å²) in [6, 6.07) is 11.4. The van der Waals surface area contributed by atoms with E-state index in [0.717, 1.165) is 0 Å². The van der Waals surface area contributed by atoms with Gasteiger partial charge in [0.05, 0.1) is 5.56 Å². The summed E-state index contributed by atoms with van der Waals surface area (Å²) in [5, 5.41) is 0. The number of alkyl halides is 2. The van der Waals surface area contributed by atoms with Crippen molar-refractivity contribution in [2.75, 3.05) is 14.1 Å². The van der Waals surface area contributed by atoms with E-state index in [1.807, 2.05) is 0 Å². The van der Waals surface area contributed by atoms with Gasteiger partial charge in [-0.1, -0.05) is 30.2 Å². The lowest BCUT2D eigenvalue weighted by atomic mass is 10.1. The Kier molecular flexibility index (Phi) is 9.82. The molecular formula is C21H22F3N3O2. The van der Waals surface area contributed by atoms with Gasteiger partial charge in [-0.05, 0) is 36.8 Å². The second-order valence-electron chi connectivity index (χ2n) is 5.77. The highest BCUT2D eigenvalue weighted by atomic mass is 19.3. The number of hydrogen-bond donors (Lipinski definition) is 1. The molecule has 0 fully saturated rings. The van der Waals surface area contributed by atoms with Gasteiger partial charge in [-0.3, -0.25) is 0 Å². The van der Waals surface area contributed by atoms with Gasteiger partial charge in [0.25, 0.3) is 0 Å². The summed E-state index contributed by atoms with van der Waals surface area (Å²) in [6.07, 6.45) is 0.624. The molecule has 5 nitrogen and oxygen atoms in total. The topological polar surface area (TPSA) is 67.9 Å². The maximum atomic E-state index is 12.7. The molecular weight excluding hydrogens is 383 g/mol. The first kappa shape index (κ1) is 23.6. The Morgan fingerprint density at radius 3 is 2.28 bits per heavy atom. The van der Waals surface area contributed by atoms with E-state index >= 15 is 0 Å². The van der Waals surface area contributed by atoms with Crippen LogP contribution in [0.3, 0.4) is 0 Å². The van der Waals surface area contributed by atoms with Crippen LogP contribution in [0.15, 0.2) is 53.5 Å². The maximum absolute atomic E-state index is 12.7. The number of ether oxygens (including phenoxy) is 1. The molecule has 0 radical (unpaired) electrons. The van der Waals surface area contributed by atoms with E-state index in [9.17, 15) is 18.0 Å². The third-order valence-corrected chi connectivity index (χ3v) is 3.44. The zero-order valence-corrected chi connectivity index (χ0v) is 16.3. The molecule has 8 heteroatoms. The van der Waals surface area contributed by atoms with Crippen molar-refractivity contribution in [3.8, 4) is 17.6 Å². The fourth-order valence-corrected chi connectivity index (χ4v) is 1.99. The molecule has 154 valence electrons. The third-order valence-electron chi connectivity index (χ3n) is 3.44. The van der Waals surface area contributed by atoms with Crippen LogP contribution in [0.1, 0.15) is 24.1 Å². The van der Waals surface area contributed by atoms with Crippen molar-refractivity contribution >= 4 is 12.2 Å². The standard InChI is InChI=1S/C12H15F2N3O2.C9H7F/c1-17(2)12(15)16-10(7-18)8-3-5-9(6-4-8)19-11(13)14;1-2-5-8-6-3-4-7-9(8)10/h3-7,10-11H,1-2H3,(H2,15,16);3-4,6-7H,1H3. The number of carbonyl (C=O) groups excluding carboxylic acids is 1. The molecule has 0 aliphatic carbocycles. The minimum atomic E-state index is -2.88. The number of rotatable bonds is 5. The fourth-order valence-electron chi connectivity index (χ4n) is 1.99. The molecule has 0 spiro atoms. The fraction of sp³-hybridized carbons (Fsp3) is 0.238. The van der Waals surface area contributed by atoms with Gasteiger partial charge in [-0.2, -0.15) is 8.78 Å². The Balaban J connectivity index is 0.000000352. The van der Waals surface area contributed by atoms with E-state index in [2.05, 4.69) is 21.6 Å². The average molecular weight is 405 g/mol. The minimum Gasteiger partial charge on any atom is -0.435 e. The minimum absolute atomic E-state index is 0.0213. The third kappa shape index (κ3) is 8.39. The summed E-state index contributed by atoms with van der Waals surface area (Å²) in [5.74, 6) is 5.25. The van der Waals surface area contributed by atoms with Crippen molar-refractivity contribution in [3.63, 3.8) is 0 Å². The first-order valence-electron chi connectivity index (χ1n) is 8.46. The van der Waals surface area contributed by atoms with Crippen LogP contribution in [-0.2, 0) is 4.79 Å². The summed E-state index contributed by atoms with van der Waals surface area (Å²) in [6.45, 7) is -1.19. The normalized spacial score (nSPS) is 11.5. The van der Waals surface area contributed by atoms with Gasteiger partial charge in [-0.15, -0.1) is 5.92 Å². The summed E-state index contributed by atoms with van der Waals surface area (Å²) in [7, 11) is 3.39.